The molecule has 4 heteroatoms. The van der Waals surface area contributed by atoms with E-state index in [1.807, 2.05) is 0 Å². The van der Waals surface area contributed by atoms with Crippen LogP contribution in [0.5, 0.6) is 5.75 Å². The van der Waals surface area contributed by atoms with Crippen LogP contribution in [-0.4, -0.2) is 45.5 Å². The van der Waals surface area contributed by atoms with Crippen molar-refractivity contribution in [1.82, 2.24) is 4.90 Å². The maximum Gasteiger partial charge on any atom is 0.115 e. The highest BCUT2D eigenvalue weighted by atomic mass is 16.3. The Labute approximate surface area is 156 Å². The van der Waals surface area contributed by atoms with Gasteiger partial charge in [-0.3, -0.25) is 4.90 Å². The molecule has 0 bridgehead atoms. The van der Waals surface area contributed by atoms with E-state index in [-0.39, 0.29) is 5.75 Å². The highest BCUT2D eigenvalue weighted by Gasteiger charge is 2.48. The fraction of sp³-hybridized carbons (Fsp3) is 0.727. The van der Waals surface area contributed by atoms with E-state index in [9.17, 15) is 15.3 Å². The van der Waals surface area contributed by atoms with Crippen molar-refractivity contribution in [3.05, 3.63) is 29.8 Å². The molecule has 0 aromatic heterocycles. The molecule has 2 aliphatic carbocycles. The van der Waals surface area contributed by atoms with Gasteiger partial charge in [0.15, 0.2) is 0 Å². The molecule has 1 heterocycles. The van der Waals surface area contributed by atoms with Crippen LogP contribution in [0.1, 0.15) is 63.0 Å². The summed E-state index contributed by atoms with van der Waals surface area (Å²) in [5.41, 5.74) is 0.424. The molecule has 1 aromatic carbocycles. The van der Waals surface area contributed by atoms with Crippen molar-refractivity contribution >= 4 is 0 Å². The maximum atomic E-state index is 11.1. The Morgan fingerprint density at radius 3 is 2.23 bits per heavy atom. The lowest BCUT2D eigenvalue weighted by molar-refractivity contribution is 0.00460. The van der Waals surface area contributed by atoms with Gasteiger partial charge in [0.05, 0.1) is 11.7 Å². The largest absolute Gasteiger partial charge is 0.508 e. The van der Waals surface area contributed by atoms with Crippen molar-refractivity contribution in [1.29, 1.82) is 0 Å². The molecular formula is C22H33NO3. The van der Waals surface area contributed by atoms with Gasteiger partial charge in [-0.25, -0.2) is 0 Å². The molecule has 26 heavy (non-hydrogen) atoms. The second-order valence-electron chi connectivity index (χ2n) is 9.19. The summed E-state index contributed by atoms with van der Waals surface area (Å²) in [7, 11) is 0. The van der Waals surface area contributed by atoms with Gasteiger partial charge >= 0.3 is 0 Å². The third-order valence-electron chi connectivity index (χ3n) is 7.04. The van der Waals surface area contributed by atoms with Crippen molar-refractivity contribution in [3.8, 4) is 5.75 Å². The Morgan fingerprint density at radius 2 is 1.62 bits per heavy atom. The normalized spacial score (nSPS) is 34.1. The fourth-order valence-corrected chi connectivity index (χ4v) is 5.85. The average molecular weight is 360 g/mol. The number of benzene rings is 1. The summed E-state index contributed by atoms with van der Waals surface area (Å²) in [4.78, 5) is 2.35. The lowest BCUT2D eigenvalue weighted by Gasteiger charge is -2.32. The third-order valence-corrected chi connectivity index (χ3v) is 7.04. The quantitative estimate of drug-likeness (QED) is 0.753. The van der Waals surface area contributed by atoms with Crippen LogP contribution < -0.4 is 0 Å². The molecule has 3 unspecified atom stereocenters. The van der Waals surface area contributed by atoms with E-state index in [1.54, 1.807) is 24.3 Å². The second-order valence-corrected chi connectivity index (χ2v) is 9.19. The molecule has 1 aromatic rings. The van der Waals surface area contributed by atoms with E-state index in [1.165, 1.54) is 32.1 Å². The number of hydrogen-bond acceptors (Lipinski definition) is 4. The minimum Gasteiger partial charge on any atom is -0.508 e. The van der Waals surface area contributed by atoms with Crippen LogP contribution in [0.25, 0.3) is 0 Å². The first-order chi connectivity index (χ1) is 12.5. The Kier molecular flexibility index (Phi) is 5.27. The number of aliphatic hydroxyl groups is 2. The van der Waals surface area contributed by atoms with Crippen molar-refractivity contribution in [2.45, 2.75) is 63.1 Å². The van der Waals surface area contributed by atoms with Gasteiger partial charge in [0.25, 0.3) is 0 Å². The van der Waals surface area contributed by atoms with E-state index >= 15 is 0 Å². The van der Waals surface area contributed by atoms with Crippen LogP contribution in [-0.2, 0) is 0 Å². The molecule has 1 aliphatic heterocycles. The summed E-state index contributed by atoms with van der Waals surface area (Å²) in [5.74, 6) is 2.13. The predicted molar refractivity (Wildman–Crippen MR) is 102 cm³/mol. The van der Waals surface area contributed by atoms with Crippen molar-refractivity contribution in [2.24, 2.45) is 17.8 Å². The predicted octanol–water partition coefficient (Wildman–Crippen LogP) is 3.47. The van der Waals surface area contributed by atoms with Gasteiger partial charge in [0.1, 0.15) is 5.75 Å². The van der Waals surface area contributed by atoms with Crippen LogP contribution in [0.4, 0.5) is 0 Å². The summed E-state index contributed by atoms with van der Waals surface area (Å²) >= 11 is 0. The number of fused-ring (bicyclic) bond motifs is 1. The number of rotatable bonds is 5. The van der Waals surface area contributed by atoms with Gasteiger partial charge in [-0.05, 0) is 54.7 Å². The van der Waals surface area contributed by atoms with Gasteiger partial charge in [0.2, 0.25) is 0 Å². The Morgan fingerprint density at radius 1 is 1.00 bits per heavy atom. The maximum absolute atomic E-state index is 11.1. The standard InChI is InChI=1S/C22H33NO3/c24-20-8-6-17(7-9-20)21(25)15-23-13-18-11-22(26,12-19(18)14-23)10-16-4-2-1-3-5-16/h6-9,16,18-19,21,24-26H,1-5,10-15H2/t18-,19?,21?,22?/m1/s1. The number of phenolic OH excluding ortho intramolecular Hbond substituents is 1. The number of aliphatic hydroxyl groups excluding tert-OH is 1. The Balaban J connectivity index is 1.28. The molecular weight excluding hydrogens is 326 g/mol. The van der Waals surface area contributed by atoms with Crippen molar-refractivity contribution < 1.29 is 15.3 Å². The van der Waals surface area contributed by atoms with Crippen LogP contribution in [0.15, 0.2) is 24.3 Å². The van der Waals surface area contributed by atoms with Gasteiger partial charge in [-0.15, -0.1) is 0 Å². The van der Waals surface area contributed by atoms with Crippen molar-refractivity contribution in [2.75, 3.05) is 19.6 Å². The zero-order chi connectivity index (χ0) is 18.1. The Hall–Kier alpha value is -1.10. The molecule has 2 saturated carbocycles. The van der Waals surface area contributed by atoms with Crippen LogP contribution in [0.3, 0.4) is 0 Å². The highest BCUT2D eigenvalue weighted by Crippen LogP contribution is 2.48. The fourth-order valence-electron chi connectivity index (χ4n) is 5.85. The molecule has 0 radical (unpaired) electrons. The molecule has 4 nitrogen and oxygen atoms in total. The lowest BCUT2D eigenvalue weighted by Crippen LogP contribution is -2.34. The smallest absolute Gasteiger partial charge is 0.115 e. The summed E-state index contributed by atoms with van der Waals surface area (Å²) < 4.78 is 0. The molecule has 3 N–H and O–H groups in total. The zero-order valence-corrected chi connectivity index (χ0v) is 15.7. The molecule has 1 saturated heterocycles. The van der Waals surface area contributed by atoms with Crippen LogP contribution in [0, 0.1) is 17.8 Å². The number of aromatic hydroxyl groups is 1. The molecule has 4 atom stereocenters. The van der Waals surface area contributed by atoms with Crippen LogP contribution in [0.2, 0.25) is 0 Å². The highest BCUT2D eigenvalue weighted by molar-refractivity contribution is 5.27. The van der Waals surface area contributed by atoms with E-state index < -0.39 is 11.7 Å². The summed E-state index contributed by atoms with van der Waals surface area (Å²) in [5, 5.41) is 31.0. The molecule has 144 valence electrons. The van der Waals surface area contributed by atoms with E-state index in [0.717, 1.165) is 43.8 Å². The van der Waals surface area contributed by atoms with Gasteiger partial charge in [-0.1, -0.05) is 44.2 Å². The van der Waals surface area contributed by atoms with E-state index in [0.29, 0.717) is 18.4 Å². The van der Waals surface area contributed by atoms with Crippen LogP contribution >= 0.6 is 0 Å². The van der Waals surface area contributed by atoms with E-state index in [4.69, 9.17) is 0 Å². The second kappa shape index (κ2) is 7.49. The number of hydrogen-bond donors (Lipinski definition) is 3. The van der Waals surface area contributed by atoms with Gasteiger partial charge < -0.3 is 15.3 Å². The van der Waals surface area contributed by atoms with Gasteiger partial charge in [-0.2, -0.15) is 0 Å². The average Bonchev–Trinajstić information content (AvgIpc) is 3.10. The third kappa shape index (κ3) is 4.08. The first-order valence-corrected chi connectivity index (χ1v) is 10.4. The number of likely N-dealkylation sites (tertiary alicyclic amines) is 1. The van der Waals surface area contributed by atoms with E-state index in [2.05, 4.69) is 4.90 Å². The molecule has 4 rings (SSSR count). The molecule has 3 aliphatic rings. The zero-order valence-electron chi connectivity index (χ0n) is 15.7. The Bertz CT molecular complexity index is 582. The molecule has 0 amide bonds. The molecule has 3 fully saturated rings. The summed E-state index contributed by atoms with van der Waals surface area (Å²) in [6, 6.07) is 6.84. The minimum atomic E-state index is -0.518. The van der Waals surface area contributed by atoms with Crippen molar-refractivity contribution in [3.63, 3.8) is 0 Å². The minimum absolute atomic E-state index is 0.230. The number of nitrogens with zero attached hydrogens (tertiary/aromatic N) is 1. The number of β-amino-alcohol motifs (C(OH)–C–C–N with tert-alkyl or cyclic N) is 1. The first kappa shape index (κ1) is 18.3. The number of phenols is 1. The summed E-state index contributed by atoms with van der Waals surface area (Å²) in [6.07, 6.45) is 9.06. The topological polar surface area (TPSA) is 63.9 Å². The lowest BCUT2D eigenvalue weighted by atomic mass is 9.79. The first-order valence-electron chi connectivity index (χ1n) is 10.4. The summed E-state index contributed by atoms with van der Waals surface area (Å²) in [6.45, 7) is 2.62. The SMILES string of the molecule is Oc1ccc(C(O)CN2CC3CC(O)(CC4CCCCC4)C[C@@H]3C2)cc1. The van der Waals surface area contributed by atoms with Gasteiger partial charge in [0, 0.05) is 19.6 Å². The molecule has 0 spiro atoms. The monoisotopic (exact) mass is 359 g/mol.